The van der Waals surface area contributed by atoms with E-state index in [4.69, 9.17) is 18.9 Å². The van der Waals surface area contributed by atoms with Crippen molar-refractivity contribution in [2.45, 2.75) is 0 Å². The molecule has 0 bridgehead atoms. The molecule has 1 heterocycles. The lowest BCUT2D eigenvalue weighted by atomic mass is 10.2. The van der Waals surface area contributed by atoms with Crippen molar-refractivity contribution in [2.24, 2.45) is 0 Å². The van der Waals surface area contributed by atoms with E-state index in [2.05, 4.69) is 10.3 Å². The Morgan fingerprint density at radius 2 is 1.89 bits per heavy atom. The number of para-hydroxylation sites is 1. The van der Waals surface area contributed by atoms with Gasteiger partial charge in [-0.25, -0.2) is 9.78 Å². The molecule has 1 N–H and O–H groups in total. The Bertz CT molecular complexity index is 1020. The number of esters is 1. The first-order valence-electron chi connectivity index (χ1n) is 8.18. The van der Waals surface area contributed by atoms with Gasteiger partial charge in [0, 0.05) is 0 Å². The number of fused-ring (bicyclic) bond motifs is 1. The molecule has 0 saturated carbocycles. The zero-order valence-corrected chi connectivity index (χ0v) is 16.3. The van der Waals surface area contributed by atoms with Crippen LogP contribution in [0.15, 0.2) is 36.4 Å². The Morgan fingerprint density at radius 1 is 1.07 bits per heavy atom. The number of methoxy groups -OCH3 is 3. The first-order valence-corrected chi connectivity index (χ1v) is 9.00. The number of anilines is 1. The summed E-state index contributed by atoms with van der Waals surface area (Å²) in [5.74, 6) is 0.151. The third-order valence-corrected chi connectivity index (χ3v) is 4.73. The van der Waals surface area contributed by atoms with Crippen LogP contribution in [0.25, 0.3) is 10.2 Å². The maximum Gasteiger partial charge on any atom is 0.342 e. The number of carbonyl (C=O) groups excluding carboxylic acids is 2. The summed E-state index contributed by atoms with van der Waals surface area (Å²) in [5, 5.41) is 3.03. The second-order valence-electron chi connectivity index (χ2n) is 5.52. The van der Waals surface area contributed by atoms with Gasteiger partial charge in [0.2, 0.25) is 0 Å². The summed E-state index contributed by atoms with van der Waals surface area (Å²) in [6.45, 7) is -0.460. The van der Waals surface area contributed by atoms with E-state index < -0.39 is 18.5 Å². The quantitative estimate of drug-likeness (QED) is 0.607. The number of nitrogens with zero attached hydrogens (tertiary/aromatic N) is 1. The van der Waals surface area contributed by atoms with Gasteiger partial charge in [-0.05, 0) is 30.3 Å². The van der Waals surface area contributed by atoms with E-state index in [0.29, 0.717) is 16.6 Å². The maximum atomic E-state index is 12.3. The normalized spacial score (nSPS) is 10.4. The van der Waals surface area contributed by atoms with Crippen LogP contribution in [-0.2, 0) is 9.53 Å². The molecule has 0 radical (unpaired) electrons. The number of rotatable bonds is 7. The smallest absolute Gasteiger partial charge is 0.342 e. The molecule has 0 spiro atoms. The molecule has 1 aromatic heterocycles. The van der Waals surface area contributed by atoms with Crippen LogP contribution in [0.4, 0.5) is 5.13 Å². The van der Waals surface area contributed by atoms with E-state index in [1.165, 1.54) is 31.6 Å². The summed E-state index contributed by atoms with van der Waals surface area (Å²) in [4.78, 5) is 28.7. The number of hydrogen-bond donors (Lipinski definition) is 1. The molecule has 146 valence electrons. The SMILES string of the molecule is COc1ccc2nc(NC(=O)COC(=O)c3cccc(OC)c3OC)sc2c1. The molecule has 0 aliphatic carbocycles. The van der Waals surface area contributed by atoms with Crippen molar-refractivity contribution in [1.82, 2.24) is 4.98 Å². The van der Waals surface area contributed by atoms with Gasteiger partial charge in [-0.2, -0.15) is 0 Å². The van der Waals surface area contributed by atoms with Gasteiger partial charge in [-0.15, -0.1) is 0 Å². The zero-order chi connectivity index (χ0) is 20.1. The van der Waals surface area contributed by atoms with Crippen molar-refractivity contribution < 1.29 is 28.5 Å². The standard InChI is InChI=1S/C19H18N2O6S/c1-24-11-7-8-13-15(9-11)28-19(20-13)21-16(22)10-27-18(23)12-5-4-6-14(25-2)17(12)26-3/h4-9H,10H2,1-3H3,(H,20,21,22). The first-order chi connectivity index (χ1) is 13.5. The Balaban J connectivity index is 1.64. The molecule has 9 heteroatoms. The molecule has 0 fully saturated rings. The number of nitrogens with one attached hydrogen (secondary N) is 1. The predicted molar refractivity (Wildman–Crippen MR) is 105 cm³/mol. The van der Waals surface area contributed by atoms with Crippen molar-refractivity contribution in [3.05, 3.63) is 42.0 Å². The monoisotopic (exact) mass is 402 g/mol. The first kappa shape index (κ1) is 19.4. The number of carbonyl (C=O) groups is 2. The van der Waals surface area contributed by atoms with Crippen LogP contribution in [0.3, 0.4) is 0 Å². The van der Waals surface area contributed by atoms with Gasteiger partial charge in [0.15, 0.2) is 23.2 Å². The van der Waals surface area contributed by atoms with E-state index in [9.17, 15) is 9.59 Å². The topological polar surface area (TPSA) is 96.0 Å². The molecule has 0 aliphatic rings. The second-order valence-corrected chi connectivity index (χ2v) is 6.55. The lowest BCUT2D eigenvalue weighted by Gasteiger charge is -2.11. The number of aromatic nitrogens is 1. The summed E-state index contributed by atoms with van der Waals surface area (Å²) in [6.07, 6.45) is 0. The zero-order valence-electron chi connectivity index (χ0n) is 15.5. The molecule has 0 saturated heterocycles. The van der Waals surface area contributed by atoms with Gasteiger partial charge >= 0.3 is 5.97 Å². The molecule has 28 heavy (non-hydrogen) atoms. The fourth-order valence-corrected chi connectivity index (χ4v) is 3.41. The van der Waals surface area contributed by atoms with Crippen LogP contribution in [0.1, 0.15) is 10.4 Å². The molecule has 3 rings (SSSR count). The number of ether oxygens (including phenoxy) is 4. The highest BCUT2D eigenvalue weighted by atomic mass is 32.1. The molecule has 1 amide bonds. The Labute approximate surface area is 165 Å². The lowest BCUT2D eigenvalue weighted by Crippen LogP contribution is -2.21. The fraction of sp³-hybridized carbons (Fsp3) is 0.211. The van der Waals surface area contributed by atoms with Crippen molar-refractivity contribution in [3.8, 4) is 17.2 Å². The van der Waals surface area contributed by atoms with E-state index >= 15 is 0 Å². The van der Waals surface area contributed by atoms with Gasteiger partial charge in [0.05, 0.1) is 31.5 Å². The van der Waals surface area contributed by atoms with Crippen LogP contribution in [0.2, 0.25) is 0 Å². The number of amides is 1. The maximum absolute atomic E-state index is 12.3. The highest BCUT2D eigenvalue weighted by Gasteiger charge is 2.19. The fourth-order valence-electron chi connectivity index (χ4n) is 2.50. The number of benzene rings is 2. The summed E-state index contributed by atoms with van der Waals surface area (Å²) in [7, 11) is 4.47. The van der Waals surface area contributed by atoms with Crippen molar-refractivity contribution >= 4 is 38.6 Å². The third-order valence-electron chi connectivity index (χ3n) is 3.80. The van der Waals surface area contributed by atoms with Crippen LogP contribution < -0.4 is 19.5 Å². The minimum absolute atomic E-state index is 0.168. The van der Waals surface area contributed by atoms with Gasteiger partial charge < -0.3 is 18.9 Å². The summed E-state index contributed by atoms with van der Waals surface area (Å²) in [6, 6.07) is 10.2. The highest BCUT2D eigenvalue weighted by molar-refractivity contribution is 7.22. The van der Waals surface area contributed by atoms with Crippen LogP contribution in [-0.4, -0.2) is 44.8 Å². The third kappa shape index (κ3) is 4.15. The molecule has 2 aromatic carbocycles. The van der Waals surface area contributed by atoms with E-state index in [1.807, 2.05) is 6.07 Å². The minimum atomic E-state index is -0.695. The number of hydrogen-bond acceptors (Lipinski definition) is 8. The molecule has 3 aromatic rings. The summed E-state index contributed by atoms with van der Waals surface area (Å²) in [5.41, 5.74) is 0.904. The average Bonchev–Trinajstić information content (AvgIpc) is 3.12. The van der Waals surface area contributed by atoms with E-state index in [1.54, 1.807) is 31.4 Å². The van der Waals surface area contributed by atoms with Gasteiger partial charge in [0.1, 0.15) is 11.3 Å². The Kier molecular flexibility index (Phi) is 5.95. The largest absolute Gasteiger partial charge is 0.497 e. The van der Waals surface area contributed by atoms with Crippen LogP contribution >= 0.6 is 11.3 Å². The second kappa shape index (κ2) is 8.57. The van der Waals surface area contributed by atoms with Crippen LogP contribution in [0, 0.1) is 0 Å². The average molecular weight is 402 g/mol. The molecule has 0 aliphatic heterocycles. The summed E-state index contributed by atoms with van der Waals surface area (Å²) >= 11 is 1.30. The van der Waals surface area contributed by atoms with Crippen LogP contribution in [0.5, 0.6) is 17.2 Å². The molecule has 0 atom stereocenters. The number of thiazole rings is 1. The van der Waals surface area contributed by atoms with Crippen molar-refractivity contribution in [1.29, 1.82) is 0 Å². The highest BCUT2D eigenvalue weighted by Crippen LogP contribution is 2.31. The van der Waals surface area contributed by atoms with Crippen molar-refractivity contribution in [3.63, 3.8) is 0 Å². The van der Waals surface area contributed by atoms with Gasteiger partial charge in [-0.1, -0.05) is 17.4 Å². The van der Waals surface area contributed by atoms with E-state index in [-0.39, 0.29) is 11.3 Å². The van der Waals surface area contributed by atoms with Gasteiger partial charge in [0.25, 0.3) is 5.91 Å². The molecule has 8 nitrogen and oxygen atoms in total. The molecular formula is C19H18N2O6S. The molecule has 0 unspecified atom stereocenters. The lowest BCUT2D eigenvalue weighted by molar-refractivity contribution is -0.119. The van der Waals surface area contributed by atoms with Gasteiger partial charge in [-0.3, -0.25) is 10.1 Å². The van der Waals surface area contributed by atoms with Crippen molar-refractivity contribution in [2.75, 3.05) is 33.3 Å². The Hall–Kier alpha value is -3.33. The predicted octanol–water partition coefficient (Wildman–Crippen LogP) is 3.12. The molecular weight excluding hydrogens is 384 g/mol. The van der Waals surface area contributed by atoms with E-state index in [0.717, 1.165) is 10.2 Å². The minimum Gasteiger partial charge on any atom is -0.497 e. The Morgan fingerprint density at radius 3 is 2.61 bits per heavy atom. The summed E-state index contributed by atoms with van der Waals surface area (Å²) < 4.78 is 21.5.